The number of fused-ring (bicyclic) bond motifs is 1. The fourth-order valence-corrected chi connectivity index (χ4v) is 4.16. The topological polar surface area (TPSA) is 85.3 Å². The first-order valence-corrected chi connectivity index (χ1v) is 11.0. The Morgan fingerprint density at radius 2 is 1.73 bits per heavy atom. The van der Waals surface area contributed by atoms with Gasteiger partial charge in [-0.2, -0.15) is 0 Å². The van der Waals surface area contributed by atoms with E-state index in [4.69, 9.17) is 14.2 Å². The minimum Gasteiger partial charge on any atom is -0.507 e. The molecule has 0 radical (unpaired) electrons. The van der Waals surface area contributed by atoms with Crippen molar-refractivity contribution in [3.05, 3.63) is 64.7 Å². The lowest BCUT2D eigenvalue weighted by molar-refractivity contribution is -0.140. The zero-order valence-electron chi connectivity index (χ0n) is 19.4. The number of nitrogens with zero attached hydrogens (tertiary/aromatic N) is 1. The summed E-state index contributed by atoms with van der Waals surface area (Å²) in [6, 6.07) is 12.1. The third kappa shape index (κ3) is 4.33. The van der Waals surface area contributed by atoms with Crippen molar-refractivity contribution in [1.29, 1.82) is 0 Å². The maximum Gasteiger partial charge on any atom is 0.295 e. The molecule has 7 nitrogen and oxygen atoms in total. The largest absolute Gasteiger partial charge is 0.507 e. The van der Waals surface area contributed by atoms with Crippen LogP contribution in [0.25, 0.3) is 5.76 Å². The normalized spacial score (nSPS) is 19.8. The van der Waals surface area contributed by atoms with E-state index in [9.17, 15) is 14.7 Å². The molecule has 0 spiro atoms. The molecule has 1 amide bonds. The van der Waals surface area contributed by atoms with E-state index in [-0.39, 0.29) is 29.9 Å². The standard InChI is InChI=1S/C26H29NO6/c1-26(2,3)18-8-5-16(6-9-18)22-21(24(29)25(30)27(22)11-12-31-4)23(28)17-7-10-19-20(15-17)33-14-13-32-19/h5-10,15,22,28H,11-14H2,1-4H3/t22-/m0/s1. The van der Waals surface area contributed by atoms with Gasteiger partial charge in [0.05, 0.1) is 18.2 Å². The Morgan fingerprint density at radius 3 is 2.36 bits per heavy atom. The number of amides is 1. The molecule has 33 heavy (non-hydrogen) atoms. The summed E-state index contributed by atoms with van der Waals surface area (Å²) >= 11 is 0. The van der Waals surface area contributed by atoms with Gasteiger partial charge in [-0.05, 0) is 34.7 Å². The minimum absolute atomic E-state index is 0.0401. The number of carbonyl (C=O) groups is 2. The Bertz CT molecular complexity index is 1100. The number of ether oxygens (including phenoxy) is 3. The van der Waals surface area contributed by atoms with Crippen LogP contribution < -0.4 is 9.47 Å². The molecule has 2 aromatic carbocycles. The summed E-state index contributed by atoms with van der Waals surface area (Å²) < 4.78 is 16.3. The van der Waals surface area contributed by atoms with Crippen molar-refractivity contribution in [2.75, 3.05) is 33.5 Å². The number of Topliss-reactive ketones (excluding diaryl/α,β-unsaturated/α-hetero) is 1. The number of likely N-dealkylation sites (tertiary alicyclic amines) is 1. The average Bonchev–Trinajstić information content (AvgIpc) is 3.06. The fraction of sp³-hybridized carbons (Fsp3) is 0.385. The van der Waals surface area contributed by atoms with E-state index in [2.05, 4.69) is 20.8 Å². The third-order valence-corrected chi connectivity index (χ3v) is 5.98. The van der Waals surface area contributed by atoms with Gasteiger partial charge in [-0.15, -0.1) is 0 Å². The molecule has 2 aliphatic rings. The molecule has 2 aromatic rings. The van der Waals surface area contributed by atoms with Crippen molar-refractivity contribution in [3.8, 4) is 11.5 Å². The maximum atomic E-state index is 13.1. The summed E-state index contributed by atoms with van der Waals surface area (Å²) in [5.41, 5.74) is 2.28. The van der Waals surface area contributed by atoms with Gasteiger partial charge in [0.2, 0.25) is 0 Å². The van der Waals surface area contributed by atoms with Crippen molar-refractivity contribution in [2.45, 2.75) is 32.2 Å². The molecule has 0 bridgehead atoms. The quantitative estimate of drug-likeness (QED) is 0.423. The number of hydrogen-bond donors (Lipinski definition) is 1. The number of methoxy groups -OCH3 is 1. The molecule has 2 heterocycles. The highest BCUT2D eigenvalue weighted by molar-refractivity contribution is 6.46. The Labute approximate surface area is 193 Å². The Balaban J connectivity index is 1.81. The first kappa shape index (κ1) is 22.9. The Hall–Kier alpha value is -3.32. The van der Waals surface area contributed by atoms with Crippen molar-refractivity contribution in [2.24, 2.45) is 0 Å². The van der Waals surface area contributed by atoms with E-state index in [1.54, 1.807) is 25.3 Å². The number of carbonyl (C=O) groups excluding carboxylic acids is 2. The molecule has 1 N–H and O–H groups in total. The minimum atomic E-state index is -0.720. The van der Waals surface area contributed by atoms with Gasteiger partial charge in [0.25, 0.3) is 11.7 Å². The van der Waals surface area contributed by atoms with Crippen molar-refractivity contribution in [1.82, 2.24) is 4.90 Å². The third-order valence-electron chi connectivity index (χ3n) is 5.98. The number of aliphatic hydroxyl groups is 1. The van der Waals surface area contributed by atoms with Crippen molar-refractivity contribution in [3.63, 3.8) is 0 Å². The average molecular weight is 452 g/mol. The first-order chi connectivity index (χ1) is 15.7. The summed E-state index contributed by atoms with van der Waals surface area (Å²) in [5.74, 6) is -0.549. The lowest BCUT2D eigenvalue weighted by Crippen LogP contribution is -2.32. The molecule has 1 saturated heterocycles. The molecule has 7 heteroatoms. The molecule has 0 unspecified atom stereocenters. The van der Waals surface area contributed by atoms with E-state index >= 15 is 0 Å². The molecule has 0 aromatic heterocycles. The SMILES string of the molecule is COCCN1C(=O)C(=O)C(=C(O)c2ccc3c(c2)OCCO3)[C@@H]1c1ccc(C(C)(C)C)cc1. The highest BCUT2D eigenvalue weighted by Gasteiger charge is 2.46. The maximum absolute atomic E-state index is 13.1. The van der Waals surface area contributed by atoms with Crippen LogP contribution in [0.1, 0.15) is 43.5 Å². The van der Waals surface area contributed by atoms with Gasteiger partial charge in [0.1, 0.15) is 19.0 Å². The van der Waals surface area contributed by atoms with Crippen LogP contribution in [-0.2, 0) is 19.7 Å². The van der Waals surface area contributed by atoms with E-state index in [1.165, 1.54) is 4.90 Å². The molecular weight excluding hydrogens is 422 g/mol. The first-order valence-electron chi connectivity index (χ1n) is 11.0. The summed E-state index contributed by atoms with van der Waals surface area (Å²) in [7, 11) is 1.54. The predicted molar refractivity (Wildman–Crippen MR) is 123 cm³/mol. The second kappa shape index (κ2) is 8.90. The van der Waals surface area contributed by atoms with Crippen LogP contribution in [0.3, 0.4) is 0 Å². The molecule has 1 fully saturated rings. The highest BCUT2D eigenvalue weighted by atomic mass is 16.6. The van der Waals surface area contributed by atoms with Crippen LogP contribution in [-0.4, -0.2) is 55.2 Å². The van der Waals surface area contributed by atoms with Crippen LogP contribution in [0.5, 0.6) is 11.5 Å². The summed E-state index contributed by atoms with van der Waals surface area (Å²) in [6.45, 7) is 7.71. The summed E-state index contributed by atoms with van der Waals surface area (Å²) in [4.78, 5) is 27.5. The lowest BCUT2D eigenvalue weighted by Gasteiger charge is -2.26. The molecule has 0 saturated carbocycles. The number of ketones is 1. The Morgan fingerprint density at radius 1 is 1.06 bits per heavy atom. The lowest BCUT2D eigenvalue weighted by atomic mass is 9.85. The molecule has 4 rings (SSSR count). The smallest absolute Gasteiger partial charge is 0.295 e. The highest BCUT2D eigenvalue weighted by Crippen LogP contribution is 2.41. The van der Waals surface area contributed by atoms with Crippen LogP contribution in [0.2, 0.25) is 0 Å². The van der Waals surface area contributed by atoms with Gasteiger partial charge in [-0.25, -0.2) is 0 Å². The van der Waals surface area contributed by atoms with Crippen molar-refractivity contribution < 1.29 is 28.9 Å². The molecular formula is C26H29NO6. The van der Waals surface area contributed by atoms with Gasteiger partial charge >= 0.3 is 0 Å². The number of hydrogen-bond acceptors (Lipinski definition) is 6. The monoisotopic (exact) mass is 451 g/mol. The van der Waals surface area contributed by atoms with E-state index in [0.717, 1.165) is 11.1 Å². The number of rotatable bonds is 5. The predicted octanol–water partition coefficient (Wildman–Crippen LogP) is 3.82. The second-order valence-corrected chi connectivity index (χ2v) is 9.22. The van der Waals surface area contributed by atoms with Crippen LogP contribution in [0.4, 0.5) is 0 Å². The van der Waals surface area contributed by atoms with E-state index in [0.29, 0.717) is 30.3 Å². The summed E-state index contributed by atoms with van der Waals surface area (Å²) in [6.07, 6.45) is 0. The van der Waals surface area contributed by atoms with Crippen LogP contribution in [0, 0.1) is 0 Å². The molecule has 2 aliphatic heterocycles. The van der Waals surface area contributed by atoms with E-state index < -0.39 is 17.7 Å². The van der Waals surface area contributed by atoms with Crippen molar-refractivity contribution >= 4 is 17.4 Å². The molecule has 0 aliphatic carbocycles. The van der Waals surface area contributed by atoms with Crippen LogP contribution in [0.15, 0.2) is 48.0 Å². The number of benzene rings is 2. The van der Waals surface area contributed by atoms with Gasteiger partial charge in [0, 0.05) is 19.2 Å². The molecule has 1 atom stereocenters. The summed E-state index contributed by atoms with van der Waals surface area (Å²) in [5, 5.41) is 11.2. The second-order valence-electron chi connectivity index (χ2n) is 9.22. The molecule has 174 valence electrons. The number of aliphatic hydroxyl groups excluding tert-OH is 1. The van der Waals surface area contributed by atoms with E-state index in [1.807, 2.05) is 24.3 Å². The van der Waals surface area contributed by atoms with Crippen LogP contribution >= 0.6 is 0 Å². The fourth-order valence-electron chi connectivity index (χ4n) is 4.16. The Kier molecular flexibility index (Phi) is 6.17. The van der Waals surface area contributed by atoms with Gasteiger partial charge in [0.15, 0.2) is 11.5 Å². The zero-order chi connectivity index (χ0) is 23.8. The zero-order valence-corrected chi connectivity index (χ0v) is 19.4. The van der Waals surface area contributed by atoms with Gasteiger partial charge < -0.3 is 24.2 Å². The van der Waals surface area contributed by atoms with Gasteiger partial charge in [-0.3, -0.25) is 9.59 Å². The van der Waals surface area contributed by atoms with Gasteiger partial charge in [-0.1, -0.05) is 45.0 Å².